The molecule has 13 heavy (non-hydrogen) atoms. The SMILES string of the molecule is COc1ccc(C23CC(C2)N3)cc1. The summed E-state index contributed by atoms with van der Waals surface area (Å²) < 4.78 is 5.13. The van der Waals surface area contributed by atoms with E-state index in [1.54, 1.807) is 7.11 Å². The summed E-state index contributed by atoms with van der Waals surface area (Å²) in [4.78, 5) is 0. The van der Waals surface area contributed by atoms with Gasteiger partial charge in [0.2, 0.25) is 0 Å². The molecule has 0 atom stereocenters. The van der Waals surface area contributed by atoms with Gasteiger partial charge in [-0.25, -0.2) is 0 Å². The minimum absolute atomic E-state index is 0.344. The van der Waals surface area contributed by atoms with E-state index < -0.39 is 0 Å². The van der Waals surface area contributed by atoms with Crippen molar-refractivity contribution in [1.29, 1.82) is 0 Å². The van der Waals surface area contributed by atoms with Crippen molar-refractivity contribution in [1.82, 2.24) is 5.32 Å². The fraction of sp³-hybridized carbons (Fsp3) is 0.455. The zero-order chi connectivity index (χ0) is 8.89. The van der Waals surface area contributed by atoms with Gasteiger partial charge in [-0.3, -0.25) is 0 Å². The first-order chi connectivity index (χ1) is 6.32. The minimum atomic E-state index is 0.344. The average molecular weight is 175 g/mol. The van der Waals surface area contributed by atoms with Gasteiger partial charge in [0.05, 0.1) is 7.11 Å². The summed E-state index contributed by atoms with van der Waals surface area (Å²) in [6.45, 7) is 0. The lowest BCUT2D eigenvalue weighted by Gasteiger charge is -2.63. The van der Waals surface area contributed by atoms with E-state index in [1.807, 2.05) is 12.1 Å². The molecule has 2 aliphatic heterocycles. The Kier molecular flexibility index (Phi) is 1.29. The van der Waals surface area contributed by atoms with Crippen molar-refractivity contribution < 1.29 is 4.74 Å². The van der Waals surface area contributed by atoms with Crippen molar-refractivity contribution in [3.05, 3.63) is 29.8 Å². The molecule has 1 aromatic carbocycles. The summed E-state index contributed by atoms with van der Waals surface area (Å²) in [5.74, 6) is 0.940. The summed E-state index contributed by atoms with van der Waals surface area (Å²) in [6, 6.07) is 9.22. The fourth-order valence-corrected chi connectivity index (χ4v) is 2.36. The molecule has 2 saturated heterocycles. The Labute approximate surface area is 77.9 Å². The summed E-state index contributed by atoms with van der Waals surface area (Å²) in [5, 5.41) is 3.53. The predicted molar refractivity (Wildman–Crippen MR) is 50.8 cm³/mol. The van der Waals surface area contributed by atoms with E-state index in [1.165, 1.54) is 18.4 Å². The van der Waals surface area contributed by atoms with Crippen molar-refractivity contribution >= 4 is 0 Å². The summed E-state index contributed by atoms with van der Waals surface area (Å²) in [6.07, 6.45) is 2.64. The predicted octanol–water partition coefficient (Wildman–Crippen LogP) is 1.66. The van der Waals surface area contributed by atoms with Gasteiger partial charge in [-0.05, 0) is 30.5 Å². The van der Waals surface area contributed by atoms with Crippen LogP contribution >= 0.6 is 0 Å². The maximum atomic E-state index is 5.13. The van der Waals surface area contributed by atoms with E-state index in [2.05, 4.69) is 17.4 Å². The van der Waals surface area contributed by atoms with E-state index in [9.17, 15) is 0 Å². The van der Waals surface area contributed by atoms with Crippen LogP contribution in [0.5, 0.6) is 5.75 Å². The molecule has 1 aliphatic carbocycles. The van der Waals surface area contributed by atoms with Crippen molar-refractivity contribution in [2.75, 3.05) is 7.11 Å². The first-order valence-electron chi connectivity index (χ1n) is 4.75. The summed E-state index contributed by atoms with van der Waals surface area (Å²) >= 11 is 0. The monoisotopic (exact) mass is 175 g/mol. The standard InChI is InChI=1S/C11H13NO/c1-13-10-4-2-8(3-5-10)11-6-9(7-11)12-11/h2-5,9,12H,6-7H2,1H3. The highest BCUT2D eigenvalue weighted by molar-refractivity contribution is 5.38. The Bertz CT molecular complexity index is 313. The molecule has 2 bridgehead atoms. The number of methoxy groups -OCH3 is 1. The lowest BCUT2D eigenvalue weighted by Crippen LogP contribution is -2.74. The second-order valence-electron chi connectivity index (χ2n) is 4.06. The molecular formula is C11H13NO. The highest BCUT2D eigenvalue weighted by Gasteiger charge is 2.56. The highest BCUT2D eigenvalue weighted by atomic mass is 16.5. The van der Waals surface area contributed by atoms with Crippen LogP contribution in [-0.4, -0.2) is 13.2 Å². The third-order valence-electron chi connectivity index (χ3n) is 3.31. The lowest BCUT2D eigenvalue weighted by atomic mass is 9.59. The maximum Gasteiger partial charge on any atom is 0.118 e. The summed E-state index contributed by atoms with van der Waals surface area (Å²) in [7, 11) is 1.70. The van der Waals surface area contributed by atoms with Gasteiger partial charge in [0.25, 0.3) is 0 Å². The normalized spacial score (nSPS) is 34.7. The van der Waals surface area contributed by atoms with Crippen LogP contribution in [0.25, 0.3) is 0 Å². The second kappa shape index (κ2) is 2.26. The number of rotatable bonds is 2. The molecule has 0 spiro atoms. The van der Waals surface area contributed by atoms with Gasteiger partial charge >= 0.3 is 0 Å². The van der Waals surface area contributed by atoms with Crippen LogP contribution < -0.4 is 10.1 Å². The van der Waals surface area contributed by atoms with Crippen molar-refractivity contribution in [3.8, 4) is 5.75 Å². The molecule has 0 amide bonds. The first-order valence-corrected chi connectivity index (χ1v) is 4.75. The van der Waals surface area contributed by atoms with Crippen LogP contribution in [-0.2, 0) is 5.54 Å². The van der Waals surface area contributed by atoms with E-state index in [0.717, 1.165) is 11.8 Å². The zero-order valence-corrected chi connectivity index (χ0v) is 7.71. The molecule has 0 radical (unpaired) electrons. The van der Waals surface area contributed by atoms with Crippen LogP contribution in [0, 0.1) is 0 Å². The van der Waals surface area contributed by atoms with Gasteiger partial charge in [0.15, 0.2) is 0 Å². The van der Waals surface area contributed by atoms with E-state index in [0.29, 0.717) is 5.54 Å². The van der Waals surface area contributed by atoms with Gasteiger partial charge in [0, 0.05) is 11.6 Å². The zero-order valence-electron chi connectivity index (χ0n) is 7.71. The van der Waals surface area contributed by atoms with Gasteiger partial charge in [-0.15, -0.1) is 0 Å². The van der Waals surface area contributed by atoms with E-state index in [4.69, 9.17) is 4.74 Å². The molecule has 4 rings (SSSR count). The van der Waals surface area contributed by atoms with Gasteiger partial charge in [-0.2, -0.15) is 0 Å². The van der Waals surface area contributed by atoms with Gasteiger partial charge in [-0.1, -0.05) is 12.1 Å². The molecule has 2 heterocycles. The highest BCUT2D eigenvalue weighted by Crippen LogP contribution is 2.52. The number of hydrogen-bond acceptors (Lipinski definition) is 2. The molecule has 1 N–H and O–H groups in total. The van der Waals surface area contributed by atoms with Gasteiger partial charge in [0.1, 0.15) is 5.75 Å². The first kappa shape index (κ1) is 7.39. The Balaban J connectivity index is 1.89. The van der Waals surface area contributed by atoms with Gasteiger partial charge < -0.3 is 10.1 Å². The molecule has 0 aromatic heterocycles. The Hall–Kier alpha value is -1.02. The number of benzene rings is 1. The third kappa shape index (κ3) is 0.866. The topological polar surface area (TPSA) is 21.3 Å². The third-order valence-corrected chi connectivity index (χ3v) is 3.31. The second-order valence-corrected chi connectivity index (χ2v) is 4.06. The maximum absolute atomic E-state index is 5.13. The van der Waals surface area contributed by atoms with Crippen LogP contribution in [0.4, 0.5) is 0 Å². The molecule has 1 aromatic rings. The van der Waals surface area contributed by atoms with Crippen molar-refractivity contribution in [3.63, 3.8) is 0 Å². The number of nitrogens with one attached hydrogen (secondary N) is 1. The molecule has 2 nitrogen and oxygen atoms in total. The Morgan fingerprint density at radius 3 is 2.31 bits per heavy atom. The number of hydrogen-bond donors (Lipinski definition) is 1. The molecular weight excluding hydrogens is 162 g/mol. The largest absolute Gasteiger partial charge is 0.497 e. The fourth-order valence-electron chi connectivity index (χ4n) is 2.36. The van der Waals surface area contributed by atoms with E-state index >= 15 is 0 Å². The van der Waals surface area contributed by atoms with Crippen LogP contribution in [0.2, 0.25) is 0 Å². The average Bonchev–Trinajstić information content (AvgIpc) is 2.00. The van der Waals surface area contributed by atoms with Crippen LogP contribution in [0.3, 0.4) is 0 Å². The Morgan fingerprint density at radius 1 is 1.31 bits per heavy atom. The number of ether oxygens (including phenoxy) is 1. The summed E-state index contributed by atoms with van der Waals surface area (Å²) in [5.41, 5.74) is 1.76. The molecule has 3 aliphatic rings. The quantitative estimate of drug-likeness (QED) is 0.738. The molecule has 68 valence electrons. The molecule has 1 saturated carbocycles. The van der Waals surface area contributed by atoms with Crippen molar-refractivity contribution in [2.45, 2.75) is 24.4 Å². The van der Waals surface area contributed by atoms with Crippen molar-refractivity contribution in [2.24, 2.45) is 0 Å². The molecule has 0 unspecified atom stereocenters. The van der Waals surface area contributed by atoms with E-state index in [-0.39, 0.29) is 0 Å². The molecule has 3 fully saturated rings. The van der Waals surface area contributed by atoms with Crippen LogP contribution in [0.1, 0.15) is 18.4 Å². The smallest absolute Gasteiger partial charge is 0.118 e. The minimum Gasteiger partial charge on any atom is -0.497 e. The molecule has 2 heteroatoms. The van der Waals surface area contributed by atoms with Crippen LogP contribution in [0.15, 0.2) is 24.3 Å². The Morgan fingerprint density at radius 2 is 1.92 bits per heavy atom. The lowest BCUT2D eigenvalue weighted by molar-refractivity contribution is -0.0219.